The number of H-pyrrole nitrogens is 1. The number of hydrogen-bond donors (Lipinski definition) is 4. The number of nitrogen functional groups attached to an aromatic ring is 1. The molecule has 3 rings (SSSR count). The quantitative estimate of drug-likeness (QED) is 0.435. The lowest BCUT2D eigenvalue weighted by Gasteiger charge is -2.08. The minimum atomic E-state index is 0.314. The van der Waals surface area contributed by atoms with E-state index in [1.807, 2.05) is 24.3 Å². The van der Waals surface area contributed by atoms with E-state index in [4.69, 9.17) is 5.84 Å². The van der Waals surface area contributed by atoms with E-state index < -0.39 is 0 Å². The average Bonchev–Trinajstić information content (AvgIpc) is 2.87. The first-order chi connectivity index (χ1) is 9.26. The molecular weight excluding hydrogens is 310 g/mol. The monoisotopic (exact) mass is 319 g/mol. The van der Waals surface area contributed by atoms with Gasteiger partial charge in [-0.15, -0.1) is 0 Å². The standard InChI is InChI=1S/C11H10BrN7/c12-6-2-1-3-7(4-6)15-9-8-5-14-19-10(8)17-11(16-9)18-13/h1-5H,13H2,(H3,14,15,16,17,18,19). The molecule has 0 amide bonds. The van der Waals surface area contributed by atoms with Crippen LogP contribution in [0.5, 0.6) is 0 Å². The van der Waals surface area contributed by atoms with Crippen LogP contribution in [0, 0.1) is 0 Å². The Morgan fingerprint density at radius 1 is 1.26 bits per heavy atom. The Balaban J connectivity index is 2.06. The zero-order valence-corrected chi connectivity index (χ0v) is 11.3. The van der Waals surface area contributed by atoms with Crippen molar-refractivity contribution in [1.29, 1.82) is 0 Å². The van der Waals surface area contributed by atoms with Crippen LogP contribution in [0.4, 0.5) is 17.5 Å². The summed E-state index contributed by atoms with van der Waals surface area (Å²) in [5.41, 5.74) is 3.94. The van der Waals surface area contributed by atoms with E-state index in [1.165, 1.54) is 0 Å². The van der Waals surface area contributed by atoms with Crippen LogP contribution in [-0.2, 0) is 0 Å². The lowest BCUT2D eigenvalue weighted by molar-refractivity contribution is 1.08. The third-order valence-corrected chi connectivity index (χ3v) is 3.02. The van der Waals surface area contributed by atoms with E-state index >= 15 is 0 Å². The summed E-state index contributed by atoms with van der Waals surface area (Å²) >= 11 is 3.42. The molecule has 0 bridgehead atoms. The molecule has 0 aliphatic heterocycles. The smallest absolute Gasteiger partial charge is 0.241 e. The Hall–Kier alpha value is -2.19. The summed E-state index contributed by atoms with van der Waals surface area (Å²) in [5, 5.41) is 10.7. The van der Waals surface area contributed by atoms with Gasteiger partial charge in [0.1, 0.15) is 5.82 Å². The van der Waals surface area contributed by atoms with Gasteiger partial charge in [-0.1, -0.05) is 22.0 Å². The predicted molar refractivity (Wildman–Crippen MR) is 76.9 cm³/mol. The van der Waals surface area contributed by atoms with Gasteiger partial charge in [-0.25, -0.2) is 5.84 Å². The van der Waals surface area contributed by atoms with Crippen molar-refractivity contribution in [1.82, 2.24) is 20.2 Å². The number of benzene rings is 1. The number of nitrogens with two attached hydrogens (primary N) is 1. The van der Waals surface area contributed by atoms with E-state index in [2.05, 4.69) is 46.8 Å². The molecule has 2 aromatic heterocycles. The lowest BCUT2D eigenvalue weighted by atomic mass is 10.3. The average molecular weight is 320 g/mol. The molecule has 0 radical (unpaired) electrons. The third kappa shape index (κ3) is 2.35. The fourth-order valence-corrected chi connectivity index (χ4v) is 2.10. The topological polar surface area (TPSA) is 105 Å². The van der Waals surface area contributed by atoms with Crippen LogP contribution in [0.3, 0.4) is 0 Å². The van der Waals surface area contributed by atoms with E-state index in [1.54, 1.807) is 6.20 Å². The highest BCUT2D eigenvalue weighted by Gasteiger charge is 2.09. The highest BCUT2D eigenvalue weighted by atomic mass is 79.9. The van der Waals surface area contributed by atoms with Crippen molar-refractivity contribution < 1.29 is 0 Å². The van der Waals surface area contributed by atoms with Crippen molar-refractivity contribution in [3.8, 4) is 0 Å². The molecule has 3 aromatic rings. The Labute approximate surface area is 116 Å². The molecule has 0 aliphatic rings. The van der Waals surface area contributed by atoms with Gasteiger partial charge in [0, 0.05) is 10.2 Å². The summed E-state index contributed by atoms with van der Waals surface area (Å²) in [6.07, 6.45) is 1.66. The van der Waals surface area contributed by atoms with E-state index in [0.717, 1.165) is 15.5 Å². The molecule has 96 valence electrons. The second kappa shape index (κ2) is 4.82. The number of hydrogen-bond acceptors (Lipinski definition) is 6. The first kappa shape index (κ1) is 11.9. The minimum absolute atomic E-state index is 0.314. The van der Waals surface area contributed by atoms with E-state index in [0.29, 0.717) is 17.4 Å². The maximum atomic E-state index is 5.35. The zero-order chi connectivity index (χ0) is 13.2. The second-order valence-corrected chi connectivity index (χ2v) is 4.72. The normalized spacial score (nSPS) is 10.6. The first-order valence-electron chi connectivity index (χ1n) is 5.46. The van der Waals surface area contributed by atoms with Gasteiger partial charge in [-0.3, -0.25) is 10.5 Å². The van der Waals surface area contributed by atoms with Crippen LogP contribution in [0.1, 0.15) is 0 Å². The number of aromatic amines is 1. The van der Waals surface area contributed by atoms with Gasteiger partial charge in [0.15, 0.2) is 5.65 Å². The molecule has 8 heteroatoms. The number of fused-ring (bicyclic) bond motifs is 1. The van der Waals surface area contributed by atoms with Crippen molar-refractivity contribution in [2.24, 2.45) is 5.84 Å². The van der Waals surface area contributed by atoms with Gasteiger partial charge in [-0.05, 0) is 18.2 Å². The Bertz CT molecular complexity index is 724. The SMILES string of the molecule is NNc1nc(Nc2cccc(Br)c2)c2cn[nH]c2n1. The number of anilines is 3. The minimum Gasteiger partial charge on any atom is -0.339 e. The summed E-state index contributed by atoms with van der Waals surface area (Å²) < 4.78 is 0.979. The van der Waals surface area contributed by atoms with Crippen molar-refractivity contribution in [3.05, 3.63) is 34.9 Å². The van der Waals surface area contributed by atoms with E-state index in [-0.39, 0.29) is 0 Å². The lowest BCUT2D eigenvalue weighted by Crippen LogP contribution is -2.11. The number of rotatable bonds is 3. The van der Waals surface area contributed by atoms with Crippen LogP contribution in [0.2, 0.25) is 0 Å². The highest BCUT2D eigenvalue weighted by Crippen LogP contribution is 2.25. The Morgan fingerprint density at radius 3 is 2.95 bits per heavy atom. The molecule has 0 saturated heterocycles. The van der Waals surface area contributed by atoms with Gasteiger partial charge in [0.05, 0.1) is 11.6 Å². The van der Waals surface area contributed by atoms with Crippen LogP contribution in [0.25, 0.3) is 11.0 Å². The molecule has 0 fully saturated rings. The summed E-state index contributed by atoms with van der Waals surface area (Å²) in [7, 11) is 0. The second-order valence-electron chi connectivity index (χ2n) is 3.81. The third-order valence-electron chi connectivity index (χ3n) is 2.53. The van der Waals surface area contributed by atoms with Crippen molar-refractivity contribution in [2.75, 3.05) is 10.7 Å². The summed E-state index contributed by atoms with van der Waals surface area (Å²) in [6, 6.07) is 7.77. The first-order valence-corrected chi connectivity index (χ1v) is 6.26. The molecule has 7 nitrogen and oxygen atoms in total. The molecule has 0 atom stereocenters. The summed E-state index contributed by atoms with van der Waals surface area (Å²) in [5.74, 6) is 6.29. The predicted octanol–water partition coefficient (Wildman–Crippen LogP) is 2.14. The molecule has 19 heavy (non-hydrogen) atoms. The molecular formula is C11H10BrN7. The molecule has 0 spiro atoms. The number of hydrazine groups is 1. The van der Waals surface area contributed by atoms with Crippen molar-refractivity contribution in [3.63, 3.8) is 0 Å². The molecule has 5 N–H and O–H groups in total. The van der Waals surface area contributed by atoms with E-state index in [9.17, 15) is 0 Å². The largest absolute Gasteiger partial charge is 0.339 e. The number of nitrogens with one attached hydrogen (secondary N) is 3. The zero-order valence-electron chi connectivity index (χ0n) is 9.68. The molecule has 1 aromatic carbocycles. The Kier molecular flexibility index (Phi) is 3.02. The Morgan fingerprint density at radius 2 is 2.16 bits per heavy atom. The van der Waals surface area contributed by atoms with Crippen LogP contribution in [-0.4, -0.2) is 20.2 Å². The van der Waals surface area contributed by atoms with Gasteiger partial charge >= 0.3 is 0 Å². The van der Waals surface area contributed by atoms with Gasteiger partial charge < -0.3 is 5.32 Å². The van der Waals surface area contributed by atoms with Crippen molar-refractivity contribution in [2.45, 2.75) is 0 Å². The van der Waals surface area contributed by atoms with Gasteiger partial charge in [-0.2, -0.15) is 15.1 Å². The fraction of sp³-hybridized carbons (Fsp3) is 0. The molecule has 2 heterocycles. The molecule has 0 saturated carbocycles. The van der Waals surface area contributed by atoms with Crippen molar-refractivity contribution >= 4 is 44.4 Å². The summed E-state index contributed by atoms with van der Waals surface area (Å²) in [4.78, 5) is 8.44. The van der Waals surface area contributed by atoms with Gasteiger partial charge in [0.2, 0.25) is 5.95 Å². The maximum Gasteiger partial charge on any atom is 0.241 e. The summed E-state index contributed by atoms with van der Waals surface area (Å²) in [6.45, 7) is 0. The molecule has 0 unspecified atom stereocenters. The fourth-order valence-electron chi connectivity index (χ4n) is 1.70. The maximum absolute atomic E-state index is 5.35. The number of halogens is 1. The highest BCUT2D eigenvalue weighted by molar-refractivity contribution is 9.10. The van der Waals surface area contributed by atoms with Crippen LogP contribution >= 0.6 is 15.9 Å². The van der Waals surface area contributed by atoms with Crippen LogP contribution in [0.15, 0.2) is 34.9 Å². The molecule has 0 aliphatic carbocycles. The van der Waals surface area contributed by atoms with Gasteiger partial charge in [0.25, 0.3) is 0 Å². The number of aromatic nitrogens is 4. The number of nitrogens with zero attached hydrogens (tertiary/aromatic N) is 3. The van der Waals surface area contributed by atoms with Crippen LogP contribution < -0.4 is 16.6 Å².